The number of benzene rings is 3. The quantitative estimate of drug-likeness (QED) is 0.447. The number of rotatable bonds is 5. The van der Waals surface area contributed by atoms with Crippen LogP contribution in [-0.4, -0.2) is 20.8 Å². The van der Waals surface area contributed by atoms with Gasteiger partial charge in [-0.05, 0) is 69.2 Å². The maximum atomic E-state index is 13.5. The molecule has 5 nitrogen and oxygen atoms in total. The number of ether oxygens (including phenoxy) is 1. The Kier molecular flexibility index (Phi) is 5.82. The second-order valence-corrected chi connectivity index (χ2v) is 8.06. The number of phenols is 1. The summed E-state index contributed by atoms with van der Waals surface area (Å²) in [5.41, 5.74) is 3.85. The molecule has 0 spiro atoms. The van der Waals surface area contributed by atoms with E-state index < -0.39 is 0 Å². The summed E-state index contributed by atoms with van der Waals surface area (Å²) in [6, 6.07) is 18.6. The Bertz CT molecular complexity index is 1360. The van der Waals surface area contributed by atoms with E-state index >= 15 is 0 Å². The molecule has 4 rings (SSSR count). The minimum Gasteiger partial charge on any atom is -0.504 e. The molecule has 1 heterocycles. The van der Waals surface area contributed by atoms with Gasteiger partial charge in [0.1, 0.15) is 5.82 Å². The zero-order chi connectivity index (χ0) is 22.8. The minimum atomic E-state index is -0.131. The van der Waals surface area contributed by atoms with Crippen molar-refractivity contribution >= 4 is 23.1 Å². The van der Waals surface area contributed by atoms with E-state index in [9.17, 15) is 9.90 Å². The Balaban J connectivity index is 1.93. The van der Waals surface area contributed by atoms with Crippen LogP contribution in [0.5, 0.6) is 11.5 Å². The molecule has 162 valence electrons. The third kappa shape index (κ3) is 4.02. The van der Waals surface area contributed by atoms with Gasteiger partial charge in [0.2, 0.25) is 0 Å². The largest absolute Gasteiger partial charge is 0.504 e. The van der Waals surface area contributed by atoms with Gasteiger partial charge in [0.25, 0.3) is 5.56 Å². The van der Waals surface area contributed by atoms with Crippen LogP contribution in [-0.2, 0) is 0 Å². The smallest absolute Gasteiger partial charge is 0.266 e. The Morgan fingerprint density at radius 2 is 1.62 bits per heavy atom. The highest BCUT2D eigenvalue weighted by atomic mass is 16.5. The molecule has 5 heteroatoms. The van der Waals surface area contributed by atoms with E-state index in [0.29, 0.717) is 28.0 Å². The lowest BCUT2D eigenvalue weighted by atomic mass is 10.1. The Morgan fingerprint density at radius 1 is 0.938 bits per heavy atom. The van der Waals surface area contributed by atoms with Crippen molar-refractivity contribution in [1.29, 1.82) is 0 Å². The van der Waals surface area contributed by atoms with Gasteiger partial charge in [-0.2, -0.15) is 0 Å². The fourth-order valence-electron chi connectivity index (χ4n) is 3.82. The fourth-order valence-corrected chi connectivity index (χ4v) is 3.82. The second kappa shape index (κ2) is 8.71. The predicted octanol–water partition coefficient (Wildman–Crippen LogP) is 5.67. The van der Waals surface area contributed by atoms with Crippen LogP contribution in [0.4, 0.5) is 0 Å². The summed E-state index contributed by atoms with van der Waals surface area (Å²) in [6.07, 6.45) is 3.45. The highest BCUT2D eigenvalue weighted by Gasteiger charge is 2.15. The fraction of sp³-hybridized carbons (Fsp3) is 0.185. The van der Waals surface area contributed by atoms with Crippen molar-refractivity contribution in [3.63, 3.8) is 0 Å². The Hall–Kier alpha value is -3.86. The summed E-state index contributed by atoms with van der Waals surface area (Å²) in [5, 5.41) is 11.2. The maximum Gasteiger partial charge on any atom is 0.266 e. The van der Waals surface area contributed by atoms with Gasteiger partial charge in [-0.25, -0.2) is 4.98 Å². The highest BCUT2D eigenvalue weighted by Crippen LogP contribution is 2.32. The number of aromatic hydroxyl groups is 1. The third-order valence-electron chi connectivity index (χ3n) is 5.27. The van der Waals surface area contributed by atoms with Crippen molar-refractivity contribution < 1.29 is 9.84 Å². The number of phenolic OH excluding ortho intramolecular Hbond substituents is 1. The molecule has 0 amide bonds. The summed E-state index contributed by atoms with van der Waals surface area (Å²) in [4.78, 5) is 18.3. The summed E-state index contributed by atoms with van der Waals surface area (Å²) < 4.78 is 7.33. The zero-order valence-corrected chi connectivity index (χ0v) is 18.7. The molecule has 1 aromatic heterocycles. The van der Waals surface area contributed by atoms with Gasteiger partial charge >= 0.3 is 0 Å². The lowest BCUT2D eigenvalue weighted by Gasteiger charge is -2.16. The third-order valence-corrected chi connectivity index (χ3v) is 5.27. The van der Waals surface area contributed by atoms with Gasteiger partial charge in [-0.1, -0.05) is 42.5 Å². The van der Waals surface area contributed by atoms with Crippen molar-refractivity contribution in [3.8, 4) is 17.2 Å². The average Bonchev–Trinajstić information content (AvgIpc) is 2.75. The Morgan fingerprint density at radius 3 is 2.34 bits per heavy atom. The van der Waals surface area contributed by atoms with Crippen LogP contribution in [0.3, 0.4) is 0 Å². The van der Waals surface area contributed by atoms with Gasteiger partial charge in [0.15, 0.2) is 11.5 Å². The number of aryl methyl sites for hydroxylation is 2. The summed E-state index contributed by atoms with van der Waals surface area (Å²) >= 11 is 0. The van der Waals surface area contributed by atoms with E-state index in [1.54, 1.807) is 34.9 Å². The molecular weight excluding hydrogens is 400 g/mol. The number of hydrogen-bond donors (Lipinski definition) is 1. The Labute approximate surface area is 187 Å². The van der Waals surface area contributed by atoms with E-state index in [-0.39, 0.29) is 17.4 Å². The maximum absolute atomic E-state index is 13.5. The number of fused-ring (bicyclic) bond motifs is 1. The lowest BCUT2D eigenvalue weighted by molar-refractivity contribution is 0.232. The molecule has 3 aromatic carbocycles. The molecule has 0 bridgehead atoms. The van der Waals surface area contributed by atoms with E-state index in [4.69, 9.17) is 9.72 Å². The SMILES string of the molecule is Cc1cccc(C)c1-n1c(C=Cc2cccc(OC(C)C)c2O)nc2ccccc2c1=O. The molecule has 0 atom stereocenters. The van der Waals surface area contributed by atoms with E-state index in [1.165, 1.54) is 0 Å². The van der Waals surface area contributed by atoms with Gasteiger partial charge in [0.05, 0.1) is 22.7 Å². The van der Waals surface area contributed by atoms with Crippen LogP contribution in [0.25, 0.3) is 28.7 Å². The van der Waals surface area contributed by atoms with Crippen molar-refractivity contribution in [2.45, 2.75) is 33.8 Å². The zero-order valence-electron chi connectivity index (χ0n) is 18.7. The molecule has 0 radical (unpaired) electrons. The highest BCUT2D eigenvalue weighted by molar-refractivity contribution is 5.81. The topological polar surface area (TPSA) is 64.3 Å². The molecule has 1 N–H and O–H groups in total. The van der Waals surface area contributed by atoms with Crippen LogP contribution >= 0.6 is 0 Å². The number of hydrogen-bond acceptors (Lipinski definition) is 4. The number of aromatic nitrogens is 2. The first kappa shape index (κ1) is 21.4. The molecule has 0 aliphatic heterocycles. The predicted molar refractivity (Wildman–Crippen MR) is 130 cm³/mol. The van der Waals surface area contributed by atoms with Crippen molar-refractivity contribution in [2.24, 2.45) is 0 Å². The monoisotopic (exact) mass is 426 g/mol. The van der Waals surface area contributed by atoms with Crippen LogP contribution < -0.4 is 10.3 Å². The molecule has 0 fully saturated rings. The van der Waals surface area contributed by atoms with Crippen LogP contribution in [0.15, 0.2) is 65.5 Å². The van der Waals surface area contributed by atoms with Crippen molar-refractivity contribution in [2.75, 3.05) is 0 Å². The molecular formula is C27H26N2O3. The first-order valence-corrected chi connectivity index (χ1v) is 10.6. The van der Waals surface area contributed by atoms with Crippen LogP contribution in [0.2, 0.25) is 0 Å². The summed E-state index contributed by atoms with van der Waals surface area (Å²) in [7, 11) is 0. The van der Waals surface area contributed by atoms with Crippen LogP contribution in [0, 0.1) is 13.8 Å². The first-order chi connectivity index (χ1) is 15.4. The van der Waals surface area contributed by atoms with Crippen molar-refractivity contribution in [3.05, 3.63) is 93.5 Å². The summed E-state index contributed by atoms with van der Waals surface area (Å²) in [6.45, 7) is 7.78. The lowest BCUT2D eigenvalue weighted by Crippen LogP contribution is -2.23. The molecule has 4 aromatic rings. The van der Waals surface area contributed by atoms with Gasteiger partial charge < -0.3 is 9.84 Å². The standard InChI is InChI=1S/C27H26N2O3/c1-17(2)32-23-14-8-11-20(26(23)30)15-16-24-28-22-13-6-5-12-21(22)27(31)29(24)25-18(3)9-7-10-19(25)4/h5-17,30H,1-4H3. The van der Waals surface area contributed by atoms with E-state index in [2.05, 4.69) is 0 Å². The van der Waals surface area contributed by atoms with Gasteiger partial charge in [0, 0.05) is 5.56 Å². The van der Waals surface area contributed by atoms with E-state index in [0.717, 1.165) is 16.8 Å². The van der Waals surface area contributed by atoms with Crippen LogP contribution in [0.1, 0.15) is 36.4 Å². The van der Waals surface area contributed by atoms with Gasteiger partial charge in [-0.15, -0.1) is 0 Å². The van der Waals surface area contributed by atoms with E-state index in [1.807, 2.05) is 70.2 Å². The summed E-state index contributed by atoms with van der Waals surface area (Å²) in [5.74, 6) is 0.959. The first-order valence-electron chi connectivity index (χ1n) is 10.6. The molecule has 0 aliphatic carbocycles. The molecule has 32 heavy (non-hydrogen) atoms. The van der Waals surface area contributed by atoms with Crippen molar-refractivity contribution in [1.82, 2.24) is 9.55 Å². The molecule has 0 aliphatic rings. The normalized spacial score (nSPS) is 11.5. The minimum absolute atomic E-state index is 0.0548. The van der Waals surface area contributed by atoms with Gasteiger partial charge in [-0.3, -0.25) is 9.36 Å². The molecule has 0 saturated carbocycles. The number of nitrogens with zero attached hydrogens (tertiary/aromatic N) is 2. The average molecular weight is 427 g/mol. The molecule has 0 saturated heterocycles. The second-order valence-electron chi connectivity index (χ2n) is 8.06. The number of para-hydroxylation sites is 3. The molecule has 0 unspecified atom stereocenters.